The molecule has 0 bridgehead atoms. The lowest BCUT2D eigenvalue weighted by atomic mass is 10.0. The SMILES string of the molecule is CC(C)C1CN(C)CCN1C. The summed E-state index contributed by atoms with van der Waals surface area (Å²) in [5, 5.41) is 0. The average molecular weight is 156 g/mol. The van der Waals surface area contributed by atoms with Gasteiger partial charge in [-0.3, -0.25) is 0 Å². The van der Waals surface area contributed by atoms with E-state index in [1.165, 1.54) is 19.6 Å². The van der Waals surface area contributed by atoms with Crippen molar-refractivity contribution >= 4 is 0 Å². The smallest absolute Gasteiger partial charge is 0.0243 e. The Balaban J connectivity index is 2.47. The highest BCUT2D eigenvalue weighted by Crippen LogP contribution is 2.13. The molecule has 66 valence electrons. The zero-order valence-corrected chi connectivity index (χ0v) is 8.17. The third-order valence-corrected chi connectivity index (χ3v) is 2.67. The van der Waals surface area contributed by atoms with E-state index in [9.17, 15) is 0 Å². The summed E-state index contributed by atoms with van der Waals surface area (Å²) >= 11 is 0. The van der Waals surface area contributed by atoms with Gasteiger partial charge in [0.2, 0.25) is 0 Å². The number of hydrogen-bond acceptors (Lipinski definition) is 2. The molecule has 2 nitrogen and oxygen atoms in total. The van der Waals surface area contributed by atoms with Crippen molar-refractivity contribution in [1.82, 2.24) is 9.80 Å². The lowest BCUT2D eigenvalue weighted by Crippen LogP contribution is -2.52. The number of rotatable bonds is 1. The predicted molar refractivity (Wildman–Crippen MR) is 48.8 cm³/mol. The Morgan fingerprint density at radius 1 is 1.18 bits per heavy atom. The van der Waals surface area contributed by atoms with E-state index in [-0.39, 0.29) is 0 Å². The number of piperazine rings is 1. The normalized spacial score (nSPS) is 29.7. The van der Waals surface area contributed by atoms with Crippen molar-refractivity contribution in [3.8, 4) is 0 Å². The zero-order chi connectivity index (χ0) is 8.43. The van der Waals surface area contributed by atoms with Crippen LogP contribution in [0.15, 0.2) is 0 Å². The summed E-state index contributed by atoms with van der Waals surface area (Å²) in [6.45, 7) is 8.29. The fraction of sp³-hybridized carbons (Fsp3) is 1.00. The quantitative estimate of drug-likeness (QED) is 0.556. The van der Waals surface area contributed by atoms with E-state index in [0.29, 0.717) is 0 Å². The van der Waals surface area contributed by atoms with Gasteiger partial charge >= 0.3 is 0 Å². The second kappa shape index (κ2) is 3.55. The Bertz CT molecular complexity index is 123. The molecule has 1 rings (SSSR count). The topological polar surface area (TPSA) is 6.48 Å². The highest BCUT2D eigenvalue weighted by Gasteiger charge is 2.24. The molecule has 1 heterocycles. The maximum atomic E-state index is 2.48. The van der Waals surface area contributed by atoms with Gasteiger partial charge in [-0.1, -0.05) is 13.8 Å². The van der Waals surface area contributed by atoms with Gasteiger partial charge in [0.05, 0.1) is 0 Å². The standard InChI is InChI=1S/C9H20N2/c1-8(2)9-7-10(3)5-6-11(9)4/h8-9H,5-7H2,1-4H3. The molecule has 1 atom stereocenters. The van der Waals surface area contributed by atoms with Crippen LogP contribution in [-0.2, 0) is 0 Å². The molecule has 0 aliphatic carbocycles. The zero-order valence-electron chi connectivity index (χ0n) is 8.17. The fourth-order valence-corrected chi connectivity index (χ4v) is 1.76. The second-order valence-corrected chi connectivity index (χ2v) is 4.05. The van der Waals surface area contributed by atoms with E-state index in [1.807, 2.05) is 0 Å². The van der Waals surface area contributed by atoms with Crippen LogP contribution in [0, 0.1) is 5.92 Å². The van der Waals surface area contributed by atoms with Crippen LogP contribution in [0.1, 0.15) is 13.8 Å². The van der Waals surface area contributed by atoms with E-state index >= 15 is 0 Å². The van der Waals surface area contributed by atoms with Crippen LogP contribution in [0.2, 0.25) is 0 Å². The van der Waals surface area contributed by atoms with Crippen LogP contribution >= 0.6 is 0 Å². The molecule has 1 aliphatic heterocycles. The Morgan fingerprint density at radius 3 is 2.27 bits per heavy atom. The molecular formula is C9H20N2. The Hall–Kier alpha value is -0.0800. The van der Waals surface area contributed by atoms with E-state index in [4.69, 9.17) is 0 Å². The molecule has 2 heteroatoms. The second-order valence-electron chi connectivity index (χ2n) is 4.05. The van der Waals surface area contributed by atoms with Crippen molar-refractivity contribution in [2.75, 3.05) is 33.7 Å². The van der Waals surface area contributed by atoms with Crippen LogP contribution in [0.4, 0.5) is 0 Å². The minimum absolute atomic E-state index is 0.758. The minimum Gasteiger partial charge on any atom is -0.304 e. The summed E-state index contributed by atoms with van der Waals surface area (Å²) in [6, 6.07) is 0.758. The van der Waals surface area contributed by atoms with Gasteiger partial charge in [0.1, 0.15) is 0 Å². The van der Waals surface area contributed by atoms with Gasteiger partial charge in [-0.15, -0.1) is 0 Å². The monoisotopic (exact) mass is 156 g/mol. The summed E-state index contributed by atoms with van der Waals surface area (Å²) in [6.07, 6.45) is 0. The van der Waals surface area contributed by atoms with E-state index < -0.39 is 0 Å². The molecule has 11 heavy (non-hydrogen) atoms. The molecular weight excluding hydrogens is 136 g/mol. The summed E-state index contributed by atoms with van der Waals surface area (Å²) in [5.74, 6) is 0.780. The first kappa shape index (κ1) is 9.01. The van der Waals surface area contributed by atoms with E-state index in [0.717, 1.165) is 12.0 Å². The van der Waals surface area contributed by atoms with Crippen molar-refractivity contribution in [2.45, 2.75) is 19.9 Å². The Kier molecular flexibility index (Phi) is 2.90. The summed E-state index contributed by atoms with van der Waals surface area (Å²) in [4.78, 5) is 4.90. The minimum atomic E-state index is 0.758. The van der Waals surface area contributed by atoms with Gasteiger partial charge in [-0.05, 0) is 20.0 Å². The third kappa shape index (κ3) is 2.17. The maximum Gasteiger partial charge on any atom is 0.0243 e. The summed E-state index contributed by atoms with van der Waals surface area (Å²) in [5.41, 5.74) is 0. The van der Waals surface area contributed by atoms with Crippen molar-refractivity contribution < 1.29 is 0 Å². The number of nitrogens with zero attached hydrogens (tertiary/aromatic N) is 2. The lowest BCUT2D eigenvalue weighted by molar-refractivity contribution is 0.0857. The first-order valence-electron chi connectivity index (χ1n) is 4.50. The molecule has 0 saturated carbocycles. The molecule has 0 aromatic rings. The van der Waals surface area contributed by atoms with Gasteiger partial charge in [0, 0.05) is 25.7 Å². The van der Waals surface area contributed by atoms with Gasteiger partial charge < -0.3 is 9.80 Å². The van der Waals surface area contributed by atoms with Gasteiger partial charge in [-0.25, -0.2) is 0 Å². The van der Waals surface area contributed by atoms with Crippen LogP contribution in [0.5, 0.6) is 0 Å². The average Bonchev–Trinajstić information content (AvgIpc) is 1.94. The summed E-state index contributed by atoms with van der Waals surface area (Å²) < 4.78 is 0. The van der Waals surface area contributed by atoms with E-state index in [1.54, 1.807) is 0 Å². The Morgan fingerprint density at radius 2 is 1.82 bits per heavy atom. The first-order valence-corrected chi connectivity index (χ1v) is 4.50. The highest BCUT2D eigenvalue weighted by molar-refractivity contribution is 4.80. The first-order chi connectivity index (χ1) is 5.11. The maximum absolute atomic E-state index is 2.48. The molecule has 1 unspecified atom stereocenters. The lowest BCUT2D eigenvalue weighted by Gasteiger charge is -2.39. The molecule has 1 fully saturated rings. The van der Waals surface area contributed by atoms with E-state index in [2.05, 4.69) is 37.7 Å². The van der Waals surface area contributed by atoms with Crippen molar-refractivity contribution in [3.05, 3.63) is 0 Å². The Labute approximate surface area is 70.2 Å². The van der Waals surface area contributed by atoms with Crippen LogP contribution in [0.25, 0.3) is 0 Å². The molecule has 0 spiro atoms. The molecule has 0 N–H and O–H groups in total. The van der Waals surface area contributed by atoms with Gasteiger partial charge in [0.15, 0.2) is 0 Å². The number of hydrogen-bond donors (Lipinski definition) is 0. The fourth-order valence-electron chi connectivity index (χ4n) is 1.76. The molecule has 0 radical (unpaired) electrons. The predicted octanol–water partition coefficient (Wildman–Crippen LogP) is 0.888. The van der Waals surface area contributed by atoms with Crippen LogP contribution in [-0.4, -0.2) is 49.6 Å². The van der Waals surface area contributed by atoms with Crippen LogP contribution in [0.3, 0.4) is 0 Å². The molecule has 0 aromatic heterocycles. The van der Waals surface area contributed by atoms with Crippen molar-refractivity contribution in [3.63, 3.8) is 0 Å². The third-order valence-electron chi connectivity index (χ3n) is 2.67. The molecule has 0 aromatic carbocycles. The van der Waals surface area contributed by atoms with Crippen molar-refractivity contribution in [1.29, 1.82) is 0 Å². The number of likely N-dealkylation sites (N-methyl/N-ethyl adjacent to an activating group) is 2. The van der Waals surface area contributed by atoms with Crippen LogP contribution < -0.4 is 0 Å². The van der Waals surface area contributed by atoms with Gasteiger partial charge in [0.25, 0.3) is 0 Å². The largest absolute Gasteiger partial charge is 0.304 e. The molecule has 1 saturated heterocycles. The molecule has 0 amide bonds. The van der Waals surface area contributed by atoms with Crippen molar-refractivity contribution in [2.24, 2.45) is 5.92 Å². The summed E-state index contributed by atoms with van der Waals surface area (Å²) in [7, 11) is 4.44. The highest BCUT2D eigenvalue weighted by atomic mass is 15.3. The van der Waals surface area contributed by atoms with Gasteiger partial charge in [-0.2, -0.15) is 0 Å². The molecule has 1 aliphatic rings.